The summed E-state index contributed by atoms with van der Waals surface area (Å²) >= 11 is 0. The smallest absolute Gasteiger partial charge is 0.338 e. The number of esters is 1. The highest BCUT2D eigenvalue weighted by molar-refractivity contribution is 6.00. The van der Waals surface area contributed by atoms with Crippen molar-refractivity contribution in [2.45, 2.75) is 19.9 Å². The van der Waals surface area contributed by atoms with E-state index in [2.05, 4.69) is 10.3 Å². The molecule has 1 N–H and O–H groups in total. The molecule has 2 rings (SSSR count). The number of hydrogen-bond donors (Lipinski definition) is 1. The number of carboxylic acid groups (broad SMARTS) is 1. The van der Waals surface area contributed by atoms with Gasteiger partial charge in [-0.1, -0.05) is 11.3 Å². The Labute approximate surface area is 108 Å². The third kappa shape index (κ3) is 2.70. The van der Waals surface area contributed by atoms with Crippen molar-refractivity contribution in [1.29, 1.82) is 0 Å². The van der Waals surface area contributed by atoms with Gasteiger partial charge in [-0.25, -0.2) is 9.48 Å². The Hall–Kier alpha value is -2.44. The lowest BCUT2D eigenvalue weighted by molar-refractivity contribution is -0.143. The second-order valence-electron chi connectivity index (χ2n) is 3.85. The zero-order valence-electron chi connectivity index (χ0n) is 10.4. The fourth-order valence-electron chi connectivity index (χ4n) is 1.76. The van der Waals surface area contributed by atoms with Gasteiger partial charge < -0.3 is 9.84 Å². The zero-order chi connectivity index (χ0) is 13.8. The van der Waals surface area contributed by atoms with Gasteiger partial charge in [0.1, 0.15) is 5.52 Å². The van der Waals surface area contributed by atoms with Gasteiger partial charge >= 0.3 is 11.9 Å². The molecule has 0 bridgehead atoms. The summed E-state index contributed by atoms with van der Waals surface area (Å²) in [6.07, 6.45) is 0.170. The van der Waals surface area contributed by atoms with Gasteiger partial charge in [-0.05, 0) is 19.1 Å². The second-order valence-corrected chi connectivity index (χ2v) is 3.85. The number of hydrogen-bond acceptors (Lipinski definition) is 5. The van der Waals surface area contributed by atoms with E-state index < -0.39 is 5.97 Å². The molecule has 0 saturated heterocycles. The molecule has 0 atom stereocenters. The van der Waals surface area contributed by atoms with Crippen LogP contribution < -0.4 is 0 Å². The first-order valence-electron chi connectivity index (χ1n) is 5.84. The number of rotatable bonds is 5. The van der Waals surface area contributed by atoms with Crippen LogP contribution in [0.1, 0.15) is 23.7 Å². The maximum Gasteiger partial charge on any atom is 0.338 e. The van der Waals surface area contributed by atoms with Gasteiger partial charge in [0, 0.05) is 0 Å². The second kappa shape index (κ2) is 5.47. The molecule has 19 heavy (non-hydrogen) atoms. The van der Waals surface area contributed by atoms with Gasteiger partial charge in [0.05, 0.1) is 30.7 Å². The molecule has 0 radical (unpaired) electrons. The Balaban J connectivity index is 2.24. The van der Waals surface area contributed by atoms with Crippen LogP contribution in [0, 0.1) is 0 Å². The van der Waals surface area contributed by atoms with Crippen molar-refractivity contribution < 1.29 is 19.4 Å². The molecular weight excluding hydrogens is 250 g/mol. The van der Waals surface area contributed by atoms with Crippen LogP contribution >= 0.6 is 0 Å². The zero-order valence-corrected chi connectivity index (χ0v) is 10.4. The summed E-state index contributed by atoms with van der Waals surface area (Å²) in [7, 11) is 0. The number of carbonyl (C=O) groups is 2. The number of fused-ring (bicyclic) bond motifs is 1. The van der Waals surface area contributed by atoms with Gasteiger partial charge in [-0.2, -0.15) is 0 Å². The van der Waals surface area contributed by atoms with Crippen molar-refractivity contribution >= 4 is 23.0 Å². The van der Waals surface area contributed by atoms with Crippen molar-refractivity contribution in [2.75, 3.05) is 6.61 Å². The number of aryl methyl sites for hydroxylation is 1. The topological polar surface area (TPSA) is 94.3 Å². The van der Waals surface area contributed by atoms with Gasteiger partial charge in [-0.15, -0.1) is 5.10 Å². The first-order chi connectivity index (χ1) is 9.13. The molecule has 1 aromatic heterocycles. The maximum atomic E-state index is 11.3. The molecule has 2 aromatic rings. The highest BCUT2D eigenvalue weighted by Crippen LogP contribution is 2.16. The first kappa shape index (κ1) is 13.0. The molecule has 0 fully saturated rings. The quantitative estimate of drug-likeness (QED) is 0.811. The lowest BCUT2D eigenvalue weighted by Crippen LogP contribution is -2.10. The van der Waals surface area contributed by atoms with Gasteiger partial charge in [0.15, 0.2) is 0 Å². The minimum absolute atomic E-state index is 0.0971. The van der Waals surface area contributed by atoms with E-state index in [1.165, 1.54) is 10.7 Å². The molecule has 0 spiro atoms. The Kier molecular flexibility index (Phi) is 3.74. The number of aromatic carboxylic acids is 1. The average Bonchev–Trinajstić information content (AvgIpc) is 2.79. The van der Waals surface area contributed by atoms with Crippen molar-refractivity contribution in [1.82, 2.24) is 15.0 Å². The molecule has 0 amide bonds. The van der Waals surface area contributed by atoms with Crippen molar-refractivity contribution in [3.05, 3.63) is 23.8 Å². The van der Waals surface area contributed by atoms with E-state index in [1.54, 1.807) is 19.1 Å². The number of benzene rings is 1. The normalized spacial score (nSPS) is 10.6. The lowest BCUT2D eigenvalue weighted by atomic mass is 10.2. The summed E-state index contributed by atoms with van der Waals surface area (Å²) in [6.45, 7) is 2.38. The molecule has 0 aliphatic heterocycles. The van der Waals surface area contributed by atoms with Crippen LogP contribution in [0.5, 0.6) is 0 Å². The molecule has 7 nitrogen and oxygen atoms in total. The Bertz CT molecular complexity index is 620. The SMILES string of the molecule is CCOC(=O)CCn1nnc2c(C(=O)O)cccc21. The largest absolute Gasteiger partial charge is 0.478 e. The fraction of sp³-hybridized carbons (Fsp3) is 0.333. The van der Waals surface area contributed by atoms with E-state index >= 15 is 0 Å². The maximum absolute atomic E-state index is 11.3. The summed E-state index contributed by atoms with van der Waals surface area (Å²) in [5, 5.41) is 16.7. The Morgan fingerprint density at radius 2 is 2.21 bits per heavy atom. The van der Waals surface area contributed by atoms with E-state index in [4.69, 9.17) is 9.84 Å². The van der Waals surface area contributed by atoms with E-state index in [0.717, 1.165) is 0 Å². The average molecular weight is 263 g/mol. The Morgan fingerprint density at radius 3 is 2.89 bits per heavy atom. The molecule has 100 valence electrons. The fourth-order valence-corrected chi connectivity index (χ4v) is 1.76. The molecular formula is C12H13N3O4. The van der Waals surface area contributed by atoms with E-state index in [-0.39, 0.29) is 18.0 Å². The molecule has 0 aliphatic rings. The number of aromatic nitrogens is 3. The van der Waals surface area contributed by atoms with E-state index in [9.17, 15) is 9.59 Å². The minimum atomic E-state index is -1.05. The van der Waals surface area contributed by atoms with Crippen molar-refractivity contribution in [3.8, 4) is 0 Å². The van der Waals surface area contributed by atoms with Gasteiger partial charge in [0.2, 0.25) is 0 Å². The predicted molar refractivity (Wildman–Crippen MR) is 65.7 cm³/mol. The highest BCUT2D eigenvalue weighted by Gasteiger charge is 2.14. The first-order valence-corrected chi connectivity index (χ1v) is 5.84. The predicted octanol–water partition coefficient (Wildman–Crippen LogP) is 1.08. The van der Waals surface area contributed by atoms with E-state index in [1.807, 2.05) is 0 Å². The van der Waals surface area contributed by atoms with Crippen LogP contribution in [0.4, 0.5) is 0 Å². The molecule has 1 heterocycles. The van der Waals surface area contributed by atoms with Crippen LogP contribution in [0.25, 0.3) is 11.0 Å². The summed E-state index contributed by atoms with van der Waals surface area (Å²) in [5.41, 5.74) is 1.00. The lowest BCUT2D eigenvalue weighted by Gasteiger charge is -2.03. The molecule has 0 saturated carbocycles. The van der Waals surface area contributed by atoms with Crippen LogP contribution in [-0.4, -0.2) is 38.6 Å². The number of carbonyl (C=O) groups excluding carboxylic acids is 1. The van der Waals surface area contributed by atoms with Crippen molar-refractivity contribution in [3.63, 3.8) is 0 Å². The number of ether oxygens (including phenoxy) is 1. The monoisotopic (exact) mass is 263 g/mol. The van der Waals surface area contributed by atoms with Gasteiger partial charge in [0.25, 0.3) is 0 Å². The molecule has 7 heteroatoms. The summed E-state index contributed by atoms with van der Waals surface area (Å²) in [5.74, 6) is -1.37. The number of nitrogens with zero attached hydrogens (tertiary/aromatic N) is 3. The summed E-state index contributed by atoms with van der Waals surface area (Å²) < 4.78 is 6.32. The van der Waals surface area contributed by atoms with E-state index in [0.29, 0.717) is 24.2 Å². The minimum Gasteiger partial charge on any atom is -0.478 e. The molecule has 0 aliphatic carbocycles. The highest BCUT2D eigenvalue weighted by atomic mass is 16.5. The van der Waals surface area contributed by atoms with Crippen LogP contribution in [0.3, 0.4) is 0 Å². The van der Waals surface area contributed by atoms with Gasteiger partial charge in [-0.3, -0.25) is 4.79 Å². The van der Waals surface area contributed by atoms with Crippen molar-refractivity contribution in [2.24, 2.45) is 0 Å². The molecule has 0 unspecified atom stereocenters. The summed E-state index contributed by atoms with van der Waals surface area (Å²) in [6, 6.07) is 4.80. The third-order valence-electron chi connectivity index (χ3n) is 2.61. The standard InChI is InChI=1S/C12H13N3O4/c1-2-19-10(16)6-7-15-9-5-3-4-8(12(17)18)11(9)13-14-15/h3-5H,2,6-7H2,1H3,(H,17,18). The third-order valence-corrected chi connectivity index (χ3v) is 2.61. The van der Waals surface area contributed by atoms with Crippen LogP contribution in [0.15, 0.2) is 18.2 Å². The van der Waals surface area contributed by atoms with Crippen LogP contribution in [0.2, 0.25) is 0 Å². The van der Waals surface area contributed by atoms with Crippen LogP contribution in [-0.2, 0) is 16.1 Å². The molecule has 1 aromatic carbocycles. The number of carboxylic acids is 1. The Morgan fingerprint density at radius 1 is 1.42 bits per heavy atom. The summed E-state index contributed by atoms with van der Waals surface area (Å²) in [4.78, 5) is 22.3.